The van der Waals surface area contributed by atoms with Crippen molar-refractivity contribution in [3.63, 3.8) is 0 Å². The molecule has 1 aromatic heterocycles. The van der Waals surface area contributed by atoms with Gasteiger partial charge in [0, 0.05) is 12.3 Å². The fourth-order valence-corrected chi connectivity index (χ4v) is 1.36. The average molecular weight is 220 g/mol. The van der Waals surface area contributed by atoms with Crippen molar-refractivity contribution < 1.29 is 9.94 Å². The number of nitrogens with zero attached hydrogens (tertiary/aromatic N) is 2. The van der Waals surface area contributed by atoms with Crippen molar-refractivity contribution in [3.05, 3.63) is 29.5 Å². The predicted molar refractivity (Wildman–Crippen MR) is 64.0 cm³/mol. The fourth-order valence-electron chi connectivity index (χ4n) is 1.36. The molecule has 1 rings (SSSR count). The third kappa shape index (κ3) is 3.08. The van der Waals surface area contributed by atoms with Gasteiger partial charge in [0.1, 0.15) is 0 Å². The maximum atomic E-state index is 8.77. The van der Waals surface area contributed by atoms with Crippen molar-refractivity contribution in [1.82, 2.24) is 4.98 Å². The molecule has 86 valence electrons. The molecule has 0 unspecified atom stereocenters. The Kier molecular flexibility index (Phi) is 4.51. The molecule has 0 saturated heterocycles. The Labute approximate surface area is 95.3 Å². The summed E-state index contributed by atoms with van der Waals surface area (Å²) in [6.07, 6.45) is 4.33. The highest BCUT2D eigenvalue weighted by Gasteiger charge is 2.00. The van der Waals surface area contributed by atoms with Gasteiger partial charge in [-0.3, -0.25) is 0 Å². The number of hydrogen-bond acceptors (Lipinski definition) is 4. The number of oxime groups is 1. The average Bonchev–Trinajstić information content (AvgIpc) is 2.31. The van der Waals surface area contributed by atoms with E-state index in [1.165, 1.54) is 0 Å². The summed E-state index contributed by atoms with van der Waals surface area (Å²) in [4.78, 5) is 4.09. The smallest absolute Gasteiger partial charge is 0.212 e. The van der Waals surface area contributed by atoms with Gasteiger partial charge >= 0.3 is 0 Å². The van der Waals surface area contributed by atoms with E-state index in [0.717, 1.165) is 11.1 Å². The number of aromatic nitrogens is 1. The summed E-state index contributed by atoms with van der Waals surface area (Å²) in [5.74, 6) is 0.585. The number of pyridine rings is 1. The van der Waals surface area contributed by atoms with Gasteiger partial charge in [0.05, 0.1) is 12.8 Å². The Balaban J connectivity index is 2.89. The van der Waals surface area contributed by atoms with Gasteiger partial charge in [0.25, 0.3) is 0 Å². The Morgan fingerprint density at radius 3 is 2.75 bits per heavy atom. The van der Waals surface area contributed by atoms with Crippen LogP contribution in [0, 0.1) is 0 Å². The van der Waals surface area contributed by atoms with Crippen molar-refractivity contribution in [2.75, 3.05) is 7.11 Å². The van der Waals surface area contributed by atoms with Crippen LogP contribution in [0.15, 0.2) is 29.1 Å². The molecule has 16 heavy (non-hydrogen) atoms. The normalized spacial score (nSPS) is 12.7. The number of allylic oxidation sites excluding steroid dienone is 1. The molecule has 0 bridgehead atoms. The maximum Gasteiger partial charge on any atom is 0.212 e. The Bertz CT molecular complexity index is 394. The molecular formula is C12H16N2O2. The van der Waals surface area contributed by atoms with Crippen molar-refractivity contribution in [3.8, 4) is 5.88 Å². The summed E-state index contributed by atoms with van der Waals surface area (Å²) in [5.41, 5.74) is 2.56. The first kappa shape index (κ1) is 12.2. The molecule has 1 aromatic rings. The lowest BCUT2D eigenvalue weighted by molar-refractivity contribution is 0.318. The molecular weight excluding hydrogens is 204 g/mol. The van der Waals surface area contributed by atoms with Crippen LogP contribution in [0.3, 0.4) is 0 Å². The minimum absolute atomic E-state index is 0.585. The SMILES string of the molecule is CCC(=NO)/C(C)=C/c1ccc(OC)nc1. The second kappa shape index (κ2) is 5.90. The largest absolute Gasteiger partial charge is 0.481 e. The minimum atomic E-state index is 0.585. The van der Waals surface area contributed by atoms with Gasteiger partial charge in [-0.1, -0.05) is 12.1 Å². The first-order valence-electron chi connectivity index (χ1n) is 5.11. The van der Waals surface area contributed by atoms with Gasteiger partial charge in [0.2, 0.25) is 5.88 Å². The van der Waals surface area contributed by atoms with Crippen molar-refractivity contribution in [2.24, 2.45) is 5.16 Å². The Morgan fingerprint density at radius 1 is 1.56 bits per heavy atom. The maximum absolute atomic E-state index is 8.77. The lowest BCUT2D eigenvalue weighted by atomic mass is 10.1. The van der Waals surface area contributed by atoms with Crippen molar-refractivity contribution >= 4 is 11.8 Å². The predicted octanol–water partition coefficient (Wildman–Crippen LogP) is 2.73. The molecule has 0 spiro atoms. The standard InChI is InChI=1S/C12H16N2O2/c1-4-11(14-15)9(2)7-10-5-6-12(16-3)13-8-10/h5-8,15H,4H2,1-3H3/b9-7+,14-11?. The highest BCUT2D eigenvalue weighted by Crippen LogP contribution is 2.12. The van der Waals surface area contributed by atoms with E-state index in [9.17, 15) is 0 Å². The van der Waals surface area contributed by atoms with Crippen molar-refractivity contribution in [2.45, 2.75) is 20.3 Å². The summed E-state index contributed by atoms with van der Waals surface area (Å²) in [5, 5.41) is 12.0. The van der Waals surface area contributed by atoms with Gasteiger partial charge in [-0.05, 0) is 36.6 Å². The molecule has 0 amide bonds. The van der Waals surface area contributed by atoms with Crippen LogP contribution in [-0.2, 0) is 0 Å². The Hall–Kier alpha value is -1.84. The number of rotatable bonds is 4. The molecule has 1 N–H and O–H groups in total. The molecule has 1 heterocycles. The zero-order valence-corrected chi connectivity index (χ0v) is 9.77. The summed E-state index contributed by atoms with van der Waals surface area (Å²) in [6.45, 7) is 3.85. The summed E-state index contributed by atoms with van der Waals surface area (Å²) >= 11 is 0. The zero-order chi connectivity index (χ0) is 12.0. The van der Waals surface area contributed by atoms with E-state index < -0.39 is 0 Å². The first-order chi connectivity index (χ1) is 7.71. The second-order valence-corrected chi connectivity index (χ2v) is 3.36. The van der Waals surface area contributed by atoms with Crippen LogP contribution in [0.5, 0.6) is 5.88 Å². The van der Waals surface area contributed by atoms with Crippen LogP contribution in [0.4, 0.5) is 0 Å². The fraction of sp³-hybridized carbons (Fsp3) is 0.333. The molecule has 4 heteroatoms. The molecule has 4 nitrogen and oxygen atoms in total. The highest BCUT2D eigenvalue weighted by atomic mass is 16.5. The van der Waals surface area contributed by atoms with Crippen LogP contribution < -0.4 is 4.74 Å². The van der Waals surface area contributed by atoms with E-state index in [2.05, 4.69) is 10.1 Å². The third-order valence-corrected chi connectivity index (χ3v) is 2.26. The molecule has 0 radical (unpaired) electrons. The topological polar surface area (TPSA) is 54.7 Å². The number of methoxy groups -OCH3 is 1. The minimum Gasteiger partial charge on any atom is -0.481 e. The number of ether oxygens (including phenoxy) is 1. The molecule has 0 saturated carbocycles. The first-order valence-corrected chi connectivity index (χ1v) is 5.11. The van der Waals surface area contributed by atoms with E-state index in [-0.39, 0.29) is 0 Å². The number of hydrogen-bond donors (Lipinski definition) is 1. The second-order valence-electron chi connectivity index (χ2n) is 3.36. The molecule has 0 aliphatic heterocycles. The molecule has 0 aliphatic rings. The van der Waals surface area contributed by atoms with Gasteiger partial charge in [-0.2, -0.15) is 0 Å². The van der Waals surface area contributed by atoms with E-state index >= 15 is 0 Å². The van der Waals surface area contributed by atoms with E-state index in [4.69, 9.17) is 9.94 Å². The molecule has 0 aliphatic carbocycles. The van der Waals surface area contributed by atoms with E-state index in [1.807, 2.05) is 26.0 Å². The lowest BCUT2D eigenvalue weighted by Crippen LogP contribution is -1.97. The van der Waals surface area contributed by atoms with Crippen LogP contribution >= 0.6 is 0 Å². The summed E-state index contributed by atoms with van der Waals surface area (Å²) in [6, 6.07) is 3.70. The third-order valence-electron chi connectivity index (χ3n) is 2.26. The zero-order valence-electron chi connectivity index (χ0n) is 9.77. The van der Waals surface area contributed by atoms with Crippen LogP contribution in [0.1, 0.15) is 25.8 Å². The monoisotopic (exact) mass is 220 g/mol. The molecule has 0 atom stereocenters. The van der Waals surface area contributed by atoms with E-state index in [0.29, 0.717) is 18.0 Å². The highest BCUT2D eigenvalue weighted by molar-refractivity contribution is 6.02. The van der Waals surface area contributed by atoms with Crippen molar-refractivity contribution in [1.29, 1.82) is 0 Å². The van der Waals surface area contributed by atoms with Gasteiger partial charge in [0.15, 0.2) is 0 Å². The summed E-state index contributed by atoms with van der Waals surface area (Å²) in [7, 11) is 1.58. The quantitative estimate of drug-likeness (QED) is 0.482. The molecule has 0 aromatic carbocycles. The van der Waals surface area contributed by atoms with Crippen LogP contribution in [0.25, 0.3) is 6.08 Å². The summed E-state index contributed by atoms with van der Waals surface area (Å²) < 4.78 is 4.97. The van der Waals surface area contributed by atoms with E-state index in [1.54, 1.807) is 19.4 Å². The van der Waals surface area contributed by atoms with Gasteiger partial charge < -0.3 is 9.94 Å². The van der Waals surface area contributed by atoms with Gasteiger partial charge in [-0.15, -0.1) is 0 Å². The molecule has 0 fully saturated rings. The van der Waals surface area contributed by atoms with Gasteiger partial charge in [-0.25, -0.2) is 4.98 Å². The Morgan fingerprint density at radius 2 is 2.31 bits per heavy atom. The lowest BCUT2D eigenvalue weighted by Gasteiger charge is -2.02. The van der Waals surface area contributed by atoms with Crippen LogP contribution in [0.2, 0.25) is 0 Å². The van der Waals surface area contributed by atoms with Crippen LogP contribution in [-0.4, -0.2) is 23.0 Å².